The first-order valence-electron chi connectivity index (χ1n) is 9.80. The van der Waals surface area contributed by atoms with E-state index < -0.39 is 0 Å². The normalized spacial score (nSPS) is 20.1. The molecule has 2 unspecified atom stereocenters. The first kappa shape index (κ1) is 18.5. The average molecular weight is 376 g/mol. The molecule has 0 radical (unpaired) electrons. The highest BCUT2D eigenvalue weighted by Gasteiger charge is 2.37. The topological polar surface area (TPSA) is 52.6 Å². The lowest BCUT2D eigenvalue weighted by Crippen LogP contribution is -2.05. The molecule has 2 aliphatic carbocycles. The Kier molecular flexibility index (Phi) is 5.03. The molecular weight excluding hydrogens is 352 g/mol. The maximum atomic E-state index is 11.2. The molecule has 2 fully saturated rings. The molecule has 0 saturated heterocycles. The molecule has 2 aromatic carbocycles. The minimum absolute atomic E-state index is 0.319. The van der Waals surface area contributed by atoms with E-state index in [1.54, 1.807) is 0 Å². The zero-order valence-electron chi connectivity index (χ0n) is 16.2. The van der Waals surface area contributed by atoms with Crippen LogP contribution >= 0.6 is 0 Å². The molecule has 4 heteroatoms. The van der Waals surface area contributed by atoms with Gasteiger partial charge in [-0.25, -0.2) is 0 Å². The maximum absolute atomic E-state index is 11.2. The molecule has 2 bridgehead atoms. The van der Waals surface area contributed by atoms with E-state index in [1.807, 2.05) is 48.5 Å². The third-order valence-corrected chi connectivity index (χ3v) is 5.67. The van der Waals surface area contributed by atoms with Gasteiger partial charge in [0.15, 0.2) is 0 Å². The first-order valence-corrected chi connectivity index (χ1v) is 9.80. The van der Waals surface area contributed by atoms with Crippen LogP contribution in [0.25, 0.3) is 5.57 Å². The monoisotopic (exact) mass is 376 g/mol. The summed E-state index contributed by atoms with van der Waals surface area (Å²) in [5.41, 5.74) is 5.03. The molecule has 2 aliphatic rings. The zero-order valence-corrected chi connectivity index (χ0v) is 16.2. The summed E-state index contributed by atoms with van der Waals surface area (Å²) >= 11 is 0. The summed E-state index contributed by atoms with van der Waals surface area (Å²) < 4.78 is 10.4. The second-order valence-corrected chi connectivity index (χ2v) is 7.72. The zero-order chi connectivity index (χ0) is 19.7. The van der Waals surface area contributed by atoms with Crippen LogP contribution in [0, 0.1) is 11.8 Å². The summed E-state index contributed by atoms with van der Waals surface area (Å²) in [7, 11) is 0. The van der Waals surface area contributed by atoms with Crippen molar-refractivity contribution < 1.29 is 19.1 Å². The van der Waals surface area contributed by atoms with Gasteiger partial charge in [0, 0.05) is 13.8 Å². The van der Waals surface area contributed by atoms with Crippen molar-refractivity contribution in [3.8, 4) is 11.5 Å². The minimum atomic E-state index is -0.319. The lowest BCUT2D eigenvalue weighted by atomic mass is 9.84. The number of allylic oxidation sites excluding steroid dienone is 1. The van der Waals surface area contributed by atoms with E-state index in [9.17, 15) is 9.59 Å². The van der Waals surface area contributed by atoms with Crippen LogP contribution in [0.5, 0.6) is 11.5 Å². The van der Waals surface area contributed by atoms with Crippen LogP contribution < -0.4 is 9.47 Å². The lowest BCUT2D eigenvalue weighted by Gasteiger charge is -2.20. The van der Waals surface area contributed by atoms with Gasteiger partial charge in [-0.2, -0.15) is 0 Å². The van der Waals surface area contributed by atoms with Gasteiger partial charge in [-0.15, -0.1) is 0 Å². The molecule has 4 nitrogen and oxygen atoms in total. The minimum Gasteiger partial charge on any atom is -0.427 e. The highest BCUT2D eigenvalue weighted by atomic mass is 16.5. The van der Waals surface area contributed by atoms with Gasteiger partial charge < -0.3 is 9.47 Å². The van der Waals surface area contributed by atoms with Gasteiger partial charge in [-0.3, -0.25) is 9.59 Å². The highest BCUT2D eigenvalue weighted by molar-refractivity contribution is 5.83. The Morgan fingerprint density at radius 3 is 1.64 bits per heavy atom. The van der Waals surface area contributed by atoms with Crippen LogP contribution in [0.2, 0.25) is 0 Å². The van der Waals surface area contributed by atoms with Crippen molar-refractivity contribution in [2.45, 2.75) is 39.5 Å². The van der Waals surface area contributed by atoms with Crippen LogP contribution in [0.1, 0.15) is 50.7 Å². The summed E-state index contributed by atoms with van der Waals surface area (Å²) in [4.78, 5) is 22.4. The fourth-order valence-corrected chi connectivity index (χ4v) is 4.61. The molecule has 2 atom stereocenters. The van der Waals surface area contributed by atoms with E-state index in [4.69, 9.17) is 9.47 Å². The van der Waals surface area contributed by atoms with Crippen LogP contribution in [0.3, 0.4) is 0 Å². The molecule has 0 heterocycles. The number of hydrogen-bond acceptors (Lipinski definition) is 4. The number of fused-ring (bicyclic) bond motifs is 2. The van der Waals surface area contributed by atoms with Crippen molar-refractivity contribution in [2.75, 3.05) is 0 Å². The van der Waals surface area contributed by atoms with Gasteiger partial charge in [0.25, 0.3) is 0 Å². The summed E-state index contributed by atoms with van der Waals surface area (Å²) in [5.74, 6) is 1.93. The van der Waals surface area contributed by atoms with E-state index in [2.05, 4.69) is 0 Å². The fraction of sp³-hybridized carbons (Fsp3) is 0.333. The molecule has 28 heavy (non-hydrogen) atoms. The van der Waals surface area contributed by atoms with Gasteiger partial charge in [0.2, 0.25) is 0 Å². The van der Waals surface area contributed by atoms with E-state index in [0.717, 1.165) is 23.5 Å². The standard InChI is InChI=1S/C24H24O4/c1-15(25)27-21-9-5-18(6-10-21)24(23-14-17-3-4-20(23)13-17)19-7-11-22(12-8-19)28-16(2)26/h5-12,17,20H,3-4,13-14H2,1-2H3. The molecule has 0 aromatic heterocycles. The summed E-state index contributed by atoms with van der Waals surface area (Å²) in [5, 5.41) is 0. The molecule has 0 aliphatic heterocycles. The number of carbonyl (C=O) groups excluding carboxylic acids is 2. The predicted octanol–water partition coefficient (Wildman–Crippen LogP) is 5.16. The number of rotatable bonds is 4. The quantitative estimate of drug-likeness (QED) is 0.546. The van der Waals surface area contributed by atoms with Gasteiger partial charge in [0.1, 0.15) is 11.5 Å². The van der Waals surface area contributed by atoms with Crippen LogP contribution in [0.15, 0.2) is 54.1 Å². The Balaban J connectivity index is 1.72. The van der Waals surface area contributed by atoms with Crippen molar-refractivity contribution in [2.24, 2.45) is 11.8 Å². The van der Waals surface area contributed by atoms with E-state index in [0.29, 0.717) is 17.4 Å². The SMILES string of the molecule is CC(=O)Oc1ccc(C(=C2CC3CCC2C3)c2ccc(OC(C)=O)cc2)cc1. The second-order valence-electron chi connectivity index (χ2n) is 7.72. The Bertz CT molecular complexity index is 861. The van der Waals surface area contributed by atoms with Crippen molar-refractivity contribution in [1.29, 1.82) is 0 Å². The molecule has 0 amide bonds. The number of esters is 2. The van der Waals surface area contributed by atoms with E-state index in [-0.39, 0.29) is 11.9 Å². The number of benzene rings is 2. The summed E-state index contributed by atoms with van der Waals surface area (Å²) in [6.07, 6.45) is 5.03. The lowest BCUT2D eigenvalue weighted by molar-refractivity contribution is -0.132. The molecule has 0 spiro atoms. The van der Waals surface area contributed by atoms with Crippen molar-refractivity contribution in [3.63, 3.8) is 0 Å². The Morgan fingerprint density at radius 1 is 0.786 bits per heavy atom. The van der Waals surface area contributed by atoms with Gasteiger partial charge in [-0.05, 0) is 78.5 Å². The Labute approximate surface area is 165 Å². The van der Waals surface area contributed by atoms with E-state index >= 15 is 0 Å². The van der Waals surface area contributed by atoms with Crippen LogP contribution in [-0.4, -0.2) is 11.9 Å². The van der Waals surface area contributed by atoms with Crippen molar-refractivity contribution in [3.05, 3.63) is 65.2 Å². The van der Waals surface area contributed by atoms with E-state index in [1.165, 1.54) is 44.3 Å². The molecule has 2 aromatic rings. The predicted molar refractivity (Wildman–Crippen MR) is 107 cm³/mol. The number of carbonyl (C=O) groups is 2. The third-order valence-electron chi connectivity index (χ3n) is 5.67. The van der Waals surface area contributed by atoms with Gasteiger partial charge >= 0.3 is 11.9 Å². The summed E-state index contributed by atoms with van der Waals surface area (Å²) in [6.45, 7) is 2.81. The van der Waals surface area contributed by atoms with Gasteiger partial charge in [-0.1, -0.05) is 29.8 Å². The maximum Gasteiger partial charge on any atom is 0.308 e. The van der Waals surface area contributed by atoms with Gasteiger partial charge in [0.05, 0.1) is 0 Å². The molecule has 144 valence electrons. The Morgan fingerprint density at radius 2 is 1.29 bits per heavy atom. The first-order chi connectivity index (χ1) is 13.5. The van der Waals surface area contributed by atoms with Crippen molar-refractivity contribution >= 4 is 17.5 Å². The molecule has 4 rings (SSSR count). The average Bonchev–Trinajstić information content (AvgIpc) is 3.27. The second kappa shape index (κ2) is 7.63. The molecule has 2 saturated carbocycles. The molecular formula is C24H24O4. The largest absolute Gasteiger partial charge is 0.427 e. The third kappa shape index (κ3) is 3.86. The van der Waals surface area contributed by atoms with Crippen LogP contribution in [-0.2, 0) is 9.59 Å². The number of ether oxygens (including phenoxy) is 2. The summed E-state index contributed by atoms with van der Waals surface area (Å²) in [6, 6.07) is 15.5. The smallest absolute Gasteiger partial charge is 0.308 e. The van der Waals surface area contributed by atoms with Crippen molar-refractivity contribution in [1.82, 2.24) is 0 Å². The van der Waals surface area contributed by atoms with Crippen LogP contribution in [0.4, 0.5) is 0 Å². The number of hydrogen-bond donors (Lipinski definition) is 0. The molecule has 0 N–H and O–H groups in total. The fourth-order valence-electron chi connectivity index (χ4n) is 4.61. The Hall–Kier alpha value is -2.88. The highest BCUT2D eigenvalue weighted by Crippen LogP contribution is 2.51.